The van der Waals surface area contributed by atoms with Crippen LogP contribution in [0.4, 0.5) is 11.4 Å². The van der Waals surface area contributed by atoms with Crippen LogP contribution >= 0.6 is 0 Å². The molecule has 4 nitrogen and oxygen atoms in total. The normalized spacial score (nSPS) is 25.4. The zero-order chi connectivity index (χ0) is 14.7. The number of nitrogens with one attached hydrogen (secondary N) is 1. The summed E-state index contributed by atoms with van der Waals surface area (Å²) >= 11 is 0. The molecule has 1 fully saturated rings. The van der Waals surface area contributed by atoms with E-state index in [0.717, 1.165) is 18.0 Å². The zero-order valence-corrected chi connectivity index (χ0v) is 12.5. The van der Waals surface area contributed by atoms with Gasteiger partial charge in [-0.25, -0.2) is 4.79 Å². The van der Waals surface area contributed by atoms with E-state index in [4.69, 9.17) is 10.5 Å². The Hall–Kier alpha value is -1.71. The van der Waals surface area contributed by atoms with Gasteiger partial charge in [-0.3, -0.25) is 0 Å². The molecule has 0 aromatic heterocycles. The number of benzene rings is 1. The summed E-state index contributed by atoms with van der Waals surface area (Å²) in [7, 11) is 1.37. The minimum absolute atomic E-state index is 0.392. The van der Waals surface area contributed by atoms with Gasteiger partial charge in [0, 0.05) is 6.04 Å². The summed E-state index contributed by atoms with van der Waals surface area (Å²) < 4.78 is 4.75. The van der Waals surface area contributed by atoms with E-state index in [-0.39, 0.29) is 0 Å². The largest absolute Gasteiger partial charge is 0.465 e. The summed E-state index contributed by atoms with van der Waals surface area (Å²) in [6.45, 7) is 4.54. The molecule has 1 aromatic carbocycles. The van der Waals surface area contributed by atoms with Crippen LogP contribution in [0.15, 0.2) is 18.2 Å². The maximum absolute atomic E-state index is 11.7. The van der Waals surface area contributed by atoms with Crippen molar-refractivity contribution in [1.82, 2.24) is 0 Å². The van der Waals surface area contributed by atoms with Gasteiger partial charge in [0.25, 0.3) is 0 Å². The van der Waals surface area contributed by atoms with Crippen LogP contribution in [0.5, 0.6) is 0 Å². The van der Waals surface area contributed by atoms with Gasteiger partial charge in [0.05, 0.1) is 24.0 Å². The van der Waals surface area contributed by atoms with E-state index < -0.39 is 5.97 Å². The molecule has 1 aliphatic carbocycles. The van der Waals surface area contributed by atoms with Crippen molar-refractivity contribution in [3.63, 3.8) is 0 Å². The second kappa shape index (κ2) is 6.16. The summed E-state index contributed by atoms with van der Waals surface area (Å²) in [5.41, 5.74) is 7.83. The Morgan fingerprint density at radius 3 is 2.80 bits per heavy atom. The molecule has 2 rings (SSSR count). The molecular weight excluding hydrogens is 252 g/mol. The maximum atomic E-state index is 11.7. The van der Waals surface area contributed by atoms with Gasteiger partial charge < -0.3 is 15.8 Å². The van der Waals surface area contributed by atoms with Crippen molar-refractivity contribution < 1.29 is 9.53 Å². The third-order valence-corrected chi connectivity index (χ3v) is 4.60. The van der Waals surface area contributed by atoms with Gasteiger partial charge in [-0.1, -0.05) is 26.3 Å². The van der Waals surface area contributed by atoms with Crippen LogP contribution in [-0.2, 0) is 4.74 Å². The van der Waals surface area contributed by atoms with Gasteiger partial charge in [0.15, 0.2) is 0 Å². The summed E-state index contributed by atoms with van der Waals surface area (Å²) in [6, 6.07) is 5.88. The van der Waals surface area contributed by atoms with Gasteiger partial charge in [0.2, 0.25) is 0 Å². The second-order valence-electron chi connectivity index (χ2n) is 5.61. The lowest BCUT2D eigenvalue weighted by molar-refractivity contribution is 0.0602. The SMILES string of the molecule is CCC1CCC(Nc2cccc(C(=O)OC)c2N)C1C. The number of esters is 1. The smallest absolute Gasteiger partial charge is 0.340 e. The predicted octanol–water partition coefficient (Wildman–Crippen LogP) is 3.29. The Kier molecular flexibility index (Phi) is 4.53. The second-order valence-corrected chi connectivity index (χ2v) is 5.61. The summed E-state index contributed by atoms with van der Waals surface area (Å²) in [6.07, 6.45) is 3.63. The average Bonchev–Trinajstić information content (AvgIpc) is 2.81. The van der Waals surface area contributed by atoms with Gasteiger partial charge >= 0.3 is 5.97 Å². The van der Waals surface area contributed by atoms with Crippen LogP contribution in [-0.4, -0.2) is 19.1 Å². The minimum atomic E-state index is -0.392. The van der Waals surface area contributed by atoms with Crippen molar-refractivity contribution in [1.29, 1.82) is 0 Å². The molecule has 3 atom stereocenters. The Morgan fingerprint density at radius 2 is 2.20 bits per heavy atom. The van der Waals surface area contributed by atoms with Gasteiger partial charge in [0.1, 0.15) is 0 Å². The number of nitrogens with two attached hydrogens (primary N) is 1. The lowest BCUT2D eigenvalue weighted by Gasteiger charge is -2.23. The summed E-state index contributed by atoms with van der Waals surface area (Å²) in [5.74, 6) is 1.01. The fraction of sp³-hybridized carbons (Fsp3) is 0.562. The molecule has 0 aliphatic heterocycles. The first kappa shape index (κ1) is 14.7. The number of carbonyl (C=O) groups is 1. The van der Waals surface area contributed by atoms with E-state index in [2.05, 4.69) is 19.2 Å². The van der Waals surface area contributed by atoms with Crippen molar-refractivity contribution in [3.8, 4) is 0 Å². The summed E-state index contributed by atoms with van der Waals surface area (Å²) in [5, 5.41) is 3.51. The van der Waals surface area contributed by atoms with Crippen LogP contribution in [0.25, 0.3) is 0 Å². The van der Waals surface area contributed by atoms with Crippen LogP contribution in [0, 0.1) is 11.8 Å². The number of methoxy groups -OCH3 is 1. The van der Waals surface area contributed by atoms with E-state index in [9.17, 15) is 4.79 Å². The number of ether oxygens (including phenoxy) is 1. The molecule has 1 aromatic rings. The van der Waals surface area contributed by atoms with E-state index in [1.807, 2.05) is 12.1 Å². The number of nitrogen functional groups attached to an aromatic ring is 1. The van der Waals surface area contributed by atoms with Gasteiger partial charge in [-0.2, -0.15) is 0 Å². The molecule has 20 heavy (non-hydrogen) atoms. The van der Waals surface area contributed by atoms with E-state index in [0.29, 0.717) is 23.2 Å². The number of carbonyl (C=O) groups excluding carboxylic acids is 1. The lowest BCUT2D eigenvalue weighted by Crippen LogP contribution is -2.25. The molecular formula is C16H24N2O2. The van der Waals surface area contributed by atoms with Crippen molar-refractivity contribution >= 4 is 17.3 Å². The fourth-order valence-electron chi connectivity index (χ4n) is 3.21. The van der Waals surface area contributed by atoms with Crippen LogP contribution < -0.4 is 11.1 Å². The van der Waals surface area contributed by atoms with Crippen molar-refractivity contribution in [2.24, 2.45) is 11.8 Å². The first-order chi connectivity index (χ1) is 9.58. The molecule has 1 saturated carbocycles. The number of anilines is 2. The van der Waals surface area contributed by atoms with Crippen LogP contribution in [0.3, 0.4) is 0 Å². The summed E-state index contributed by atoms with van der Waals surface area (Å²) in [4.78, 5) is 11.7. The van der Waals surface area contributed by atoms with Crippen molar-refractivity contribution in [2.75, 3.05) is 18.2 Å². The zero-order valence-electron chi connectivity index (χ0n) is 12.5. The van der Waals surface area contributed by atoms with E-state index in [1.54, 1.807) is 6.07 Å². The van der Waals surface area contributed by atoms with Crippen LogP contribution in [0.2, 0.25) is 0 Å². The minimum Gasteiger partial charge on any atom is -0.465 e. The number of hydrogen-bond acceptors (Lipinski definition) is 4. The highest BCUT2D eigenvalue weighted by Crippen LogP contribution is 2.37. The third-order valence-electron chi connectivity index (χ3n) is 4.60. The van der Waals surface area contributed by atoms with Crippen LogP contribution in [0.1, 0.15) is 43.5 Å². The van der Waals surface area contributed by atoms with Gasteiger partial charge in [-0.15, -0.1) is 0 Å². The molecule has 3 unspecified atom stereocenters. The Bertz CT molecular complexity index is 487. The topological polar surface area (TPSA) is 64.3 Å². The molecule has 0 spiro atoms. The number of para-hydroxylation sites is 1. The quantitative estimate of drug-likeness (QED) is 0.654. The Labute approximate surface area is 120 Å². The van der Waals surface area contributed by atoms with Crippen molar-refractivity contribution in [2.45, 2.75) is 39.2 Å². The molecule has 4 heteroatoms. The predicted molar refractivity (Wildman–Crippen MR) is 81.8 cm³/mol. The number of rotatable bonds is 4. The molecule has 3 N–H and O–H groups in total. The molecule has 110 valence electrons. The maximum Gasteiger partial charge on any atom is 0.340 e. The van der Waals surface area contributed by atoms with Gasteiger partial charge in [-0.05, 0) is 36.8 Å². The first-order valence-corrected chi connectivity index (χ1v) is 7.31. The number of hydrogen-bond donors (Lipinski definition) is 2. The monoisotopic (exact) mass is 276 g/mol. The molecule has 0 amide bonds. The molecule has 1 aliphatic rings. The average molecular weight is 276 g/mol. The van der Waals surface area contributed by atoms with E-state index in [1.165, 1.54) is 20.0 Å². The fourth-order valence-corrected chi connectivity index (χ4v) is 3.21. The highest BCUT2D eigenvalue weighted by Gasteiger charge is 2.31. The van der Waals surface area contributed by atoms with E-state index >= 15 is 0 Å². The first-order valence-electron chi connectivity index (χ1n) is 7.31. The highest BCUT2D eigenvalue weighted by molar-refractivity contribution is 5.98. The van der Waals surface area contributed by atoms with Crippen molar-refractivity contribution in [3.05, 3.63) is 23.8 Å². The molecule has 0 saturated heterocycles. The molecule has 0 radical (unpaired) electrons. The Balaban J connectivity index is 2.16. The Morgan fingerprint density at radius 1 is 1.45 bits per heavy atom. The lowest BCUT2D eigenvalue weighted by atomic mass is 9.93. The standard InChI is InChI=1S/C16H24N2O2/c1-4-11-8-9-13(10(11)2)18-14-7-5-6-12(15(14)17)16(19)20-3/h5-7,10-11,13,18H,4,8-9,17H2,1-3H3. The third kappa shape index (κ3) is 2.74. The highest BCUT2D eigenvalue weighted by atomic mass is 16.5. The molecule has 0 heterocycles. The molecule has 0 bridgehead atoms.